The maximum atomic E-state index is 13.2. The fourth-order valence-corrected chi connectivity index (χ4v) is 3.66. The Bertz CT molecular complexity index is 975. The van der Waals surface area contributed by atoms with E-state index in [0.717, 1.165) is 23.7 Å². The van der Waals surface area contributed by atoms with Gasteiger partial charge in [0.25, 0.3) is 11.5 Å². The summed E-state index contributed by atoms with van der Waals surface area (Å²) in [6, 6.07) is 11.0. The molecule has 1 saturated heterocycles. The van der Waals surface area contributed by atoms with Gasteiger partial charge in [-0.3, -0.25) is 14.3 Å². The second kappa shape index (κ2) is 6.20. The van der Waals surface area contributed by atoms with Gasteiger partial charge in [0.05, 0.1) is 23.7 Å². The number of carbonyl (C=O) groups excluding carboxylic acids is 1. The first kappa shape index (κ1) is 15.6. The van der Waals surface area contributed by atoms with E-state index in [4.69, 9.17) is 0 Å². The number of hydrogen-bond acceptors (Lipinski definition) is 3. The van der Waals surface area contributed by atoms with Gasteiger partial charge in [0.1, 0.15) is 0 Å². The summed E-state index contributed by atoms with van der Waals surface area (Å²) in [5, 5.41) is 5.07. The number of benzene rings is 1. The maximum Gasteiger partial charge on any atom is 0.255 e. The minimum atomic E-state index is -0.162. The van der Waals surface area contributed by atoms with E-state index in [9.17, 15) is 9.59 Å². The van der Waals surface area contributed by atoms with Crippen LogP contribution >= 0.6 is 0 Å². The van der Waals surface area contributed by atoms with Crippen LogP contribution in [0.4, 0.5) is 0 Å². The van der Waals surface area contributed by atoms with Crippen molar-refractivity contribution >= 4 is 16.8 Å². The molecule has 6 nitrogen and oxygen atoms in total. The van der Waals surface area contributed by atoms with E-state index in [0.29, 0.717) is 18.7 Å². The Morgan fingerprint density at radius 3 is 2.92 bits per heavy atom. The molecular weight excluding hydrogens is 316 g/mol. The van der Waals surface area contributed by atoms with Gasteiger partial charge >= 0.3 is 0 Å². The molecule has 6 heteroatoms. The van der Waals surface area contributed by atoms with Crippen molar-refractivity contribution < 1.29 is 4.79 Å². The van der Waals surface area contributed by atoms with Gasteiger partial charge in [-0.05, 0) is 25.0 Å². The largest absolute Gasteiger partial charge is 0.334 e. The molecule has 0 radical (unpaired) electrons. The molecule has 1 aromatic carbocycles. The maximum absolute atomic E-state index is 13.2. The molecule has 1 fully saturated rings. The number of aromatic nitrogens is 3. The molecule has 128 valence electrons. The number of hydrogen-bond donors (Lipinski definition) is 0. The van der Waals surface area contributed by atoms with Crippen molar-refractivity contribution in [3.63, 3.8) is 0 Å². The Kier molecular flexibility index (Phi) is 3.87. The zero-order chi connectivity index (χ0) is 17.4. The van der Waals surface area contributed by atoms with Crippen LogP contribution in [-0.4, -0.2) is 37.7 Å². The summed E-state index contributed by atoms with van der Waals surface area (Å²) in [6.45, 7) is 1.40. The number of aryl methyl sites for hydroxylation is 1. The summed E-state index contributed by atoms with van der Waals surface area (Å²) in [6.07, 6.45) is 5.58. The standard InChI is InChI=1S/C19H20N4O2/c1-21-17-8-3-2-7-15(17)16(12-18(21)24)19(25)23-11-4-6-14(23)13-22-10-5-9-20-22/h2-3,5,7-10,12,14H,4,6,11,13H2,1H3/t14-/m0/s1. The van der Waals surface area contributed by atoms with E-state index in [-0.39, 0.29) is 17.5 Å². The fraction of sp³-hybridized carbons (Fsp3) is 0.316. The van der Waals surface area contributed by atoms with E-state index < -0.39 is 0 Å². The van der Waals surface area contributed by atoms with Crippen LogP contribution in [0.2, 0.25) is 0 Å². The first-order valence-electron chi connectivity index (χ1n) is 8.52. The summed E-state index contributed by atoms with van der Waals surface area (Å²) in [5.74, 6) is -0.0662. The van der Waals surface area contributed by atoms with Crippen LogP contribution < -0.4 is 5.56 Å². The van der Waals surface area contributed by atoms with Crippen LogP contribution in [-0.2, 0) is 13.6 Å². The molecule has 0 unspecified atom stereocenters. The fourth-order valence-electron chi connectivity index (χ4n) is 3.66. The van der Waals surface area contributed by atoms with Gasteiger partial charge in [0.15, 0.2) is 0 Å². The molecule has 0 spiro atoms. The molecule has 1 atom stereocenters. The van der Waals surface area contributed by atoms with Gasteiger partial charge in [-0.1, -0.05) is 18.2 Å². The summed E-state index contributed by atoms with van der Waals surface area (Å²) < 4.78 is 3.44. The lowest BCUT2D eigenvalue weighted by Crippen LogP contribution is -2.39. The van der Waals surface area contributed by atoms with E-state index in [2.05, 4.69) is 5.10 Å². The van der Waals surface area contributed by atoms with E-state index >= 15 is 0 Å². The van der Waals surface area contributed by atoms with Gasteiger partial charge in [-0.2, -0.15) is 5.10 Å². The molecule has 1 amide bonds. The van der Waals surface area contributed by atoms with Gasteiger partial charge < -0.3 is 9.47 Å². The van der Waals surface area contributed by atoms with Crippen LogP contribution in [0.3, 0.4) is 0 Å². The minimum absolute atomic E-state index is 0.0662. The number of likely N-dealkylation sites (tertiary alicyclic amines) is 1. The first-order valence-corrected chi connectivity index (χ1v) is 8.52. The molecule has 2 aromatic heterocycles. The first-order chi connectivity index (χ1) is 12.1. The van der Waals surface area contributed by atoms with E-state index in [1.165, 1.54) is 6.07 Å². The lowest BCUT2D eigenvalue weighted by Gasteiger charge is -2.25. The van der Waals surface area contributed by atoms with Gasteiger partial charge in [0, 0.05) is 37.4 Å². The number of carbonyl (C=O) groups is 1. The number of nitrogens with zero attached hydrogens (tertiary/aromatic N) is 4. The lowest BCUT2D eigenvalue weighted by molar-refractivity contribution is 0.0723. The van der Waals surface area contributed by atoms with Crippen LogP contribution in [0.1, 0.15) is 23.2 Å². The molecule has 3 heterocycles. The Balaban J connectivity index is 1.72. The molecule has 4 rings (SSSR count). The van der Waals surface area contributed by atoms with Gasteiger partial charge in [-0.25, -0.2) is 0 Å². The molecule has 1 aliphatic rings. The van der Waals surface area contributed by atoms with Crippen molar-refractivity contribution in [2.24, 2.45) is 7.05 Å². The summed E-state index contributed by atoms with van der Waals surface area (Å²) >= 11 is 0. The van der Waals surface area contributed by atoms with Gasteiger partial charge in [-0.15, -0.1) is 0 Å². The molecule has 1 aliphatic heterocycles. The minimum Gasteiger partial charge on any atom is -0.334 e. The molecule has 25 heavy (non-hydrogen) atoms. The average Bonchev–Trinajstić information content (AvgIpc) is 3.30. The van der Waals surface area contributed by atoms with Crippen molar-refractivity contribution in [3.05, 3.63) is 64.7 Å². The summed E-state index contributed by atoms with van der Waals surface area (Å²) in [5.41, 5.74) is 1.11. The lowest BCUT2D eigenvalue weighted by atomic mass is 10.1. The number of para-hydroxylation sites is 1. The highest BCUT2D eigenvalue weighted by molar-refractivity contribution is 6.06. The van der Waals surface area contributed by atoms with Crippen LogP contribution in [0.5, 0.6) is 0 Å². The predicted octanol–water partition coefficient (Wildman–Crippen LogP) is 2.04. The molecule has 0 bridgehead atoms. The van der Waals surface area contributed by atoms with E-state index in [1.54, 1.807) is 17.8 Å². The Morgan fingerprint density at radius 2 is 2.12 bits per heavy atom. The van der Waals surface area contributed by atoms with Crippen molar-refractivity contribution in [1.29, 1.82) is 0 Å². The second-order valence-electron chi connectivity index (χ2n) is 6.50. The van der Waals surface area contributed by atoms with Crippen molar-refractivity contribution in [3.8, 4) is 0 Å². The molecular formula is C19H20N4O2. The monoisotopic (exact) mass is 336 g/mol. The Labute approximate surface area is 145 Å². The third-order valence-electron chi connectivity index (χ3n) is 4.98. The third-order valence-corrected chi connectivity index (χ3v) is 4.98. The van der Waals surface area contributed by atoms with Crippen molar-refractivity contribution in [1.82, 2.24) is 19.2 Å². The smallest absolute Gasteiger partial charge is 0.255 e. The summed E-state index contributed by atoms with van der Waals surface area (Å²) in [4.78, 5) is 27.4. The number of fused-ring (bicyclic) bond motifs is 1. The molecule has 0 saturated carbocycles. The number of pyridine rings is 1. The highest BCUT2D eigenvalue weighted by Crippen LogP contribution is 2.24. The zero-order valence-electron chi connectivity index (χ0n) is 14.1. The molecule has 0 N–H and O–H groups in total. The van der Waals surface area contributed by atoms with Gasteiger partial charge in [0.2, 0.25) is 0 Å². The van der Waals surface area contributed by atoms with Crippen molar-refractivity contribution in [2.45, 2.75) is 25.4 Å². The van der Waals surface area contributed by atoms with E-state index in [1.807, 2.05) is 46.1 Å². The zero-order valence-corrected chi connectivity index (χ0v) is 14.1. The normalized spacial score (nSPS) is 17.3. The summed E-state index contributed by atoms with van der Waals surface area (Å²) in [7, 11) is 1.73. The van der Waals surface area contributed by atoms with Crippen LogP contribution in [0, 0.1) is 0 Å². The predicted molar refractivity (Wildman–Crippen MR) is 95.5 cm³/mol. The SMILES string of the molecule is Cn1c(=O)cc(C(=O)N2CCC[C@H]2Cn2cccn2)c2ccccc21. The van der Waals surface area contributed by atoms with Crippen LogP contribution in [0.25, 0.3) is 10.9 Å². The highest BCUT2D eigenvalue weighted by Gasteiger charge is 2.31. The quantitative estimate of drug-likeness (QED) is 0.735. The Morgan fingerprint density at radius 1 is 1.28 bits per heavy atom. The van der Waals surface area contributed by atoms with Crippen LogP contribution in [0.15, 0.2) is 53.6 Å². The Hall–Kier alpha value is -2.89. The third kappa shape index (κ3) is 2.73. The molecule has 0 aliphatic carbocycles. The van der Waals surface area contributed by atoms with Crippen molar-refractivity contribution in [2.75, 3.05) is 6.54 Å². The average molecular weight is 336 g/mol. The topological polar surface area (TPSA) is 60.1 Å². The molecule has 3 aromatic rings. The number of amides is 1. The highest BCUT2D eigenvalue weighted by atomic mass is 16.2. The second-order valence-corrected chi connectivity index (χ2v) is 6.50. The number of rotatable bonds is 3.